The highest BCUT2D eigenvalue weighted by Gasteiger charge is 2.14. The maximum absolute atomic E-state index is 12.1. The van der Waals surface area contributed by atoms with Crippen LogP contribution >= 0.6 is 11.6 Å². The van der Waals surface area contributed by atoms with Gasteiger partial charge in [-0.3, -0.25) is 4.79 Å². The number of rotatable bonds is 6. The van der Waals surface area contributed by atoms with Gasteiger partial charge < -0.3 is 13.8 Å². The van der Waals surface area contributed by atoms with E-state index in [0.29, 0.717) is 19.5 Å². The average Bonchev–Trinajstić information content (AvgIpc) is 3.18. The Kier molecular flexibility index (Phi) is 4.67. The number of aryl methyl sites for hydroxylation is 1. The number of benzene rings is 1. The van der Waals surface area contributed by atoms with Crippen molar-refractivity contribution in [3.8, 4) is 0 Å². The third kappa shape index (κ3) is 3.74. The second-order valence-electron chi connectivity index (χ2n) is 5.42. The maximum atomic E-state index is 12.1. The zero-order chi connectivity index (χ0) is 16.2. The molecule has 3 rings (SSSR count). The predicted molar refractivity (Wildman–Crippen MR) is 87.3 cm³/mol. The number of carbonyl (C=O) groups is 1. The van der Waals surface area contributed by atoms with Crippen LogP contribution in [0.4, 0.5) is 0 Å². The lowest BCUT2D eigenvalue weighted by molar-refractivity contribution is -0.129. The van der Waals surface area contributed by atoms with E-state index in [-0.39, 0.29) is 11.8 Å². The molecule has 0 aliphatic heterocycles. The lowest BCUT2D eigenvalue weighted by atomic mass is 10.1. The van der Waals surface area contributed by atoms with Crippen molar-refractivity contribution in [3.63, 3.8) is 0 Å². The first kappa shape index (κ1) is 15.6. The van der Waals surface area contributed by atoms with E-state index in [2.05, 4.69) is 5.16 Å². The Bertz CT molecular complexity index is 809. The van der Waals surface area contributed by atoms with Gasteiger partial charge in [0.1, 0.15) is 17.2 Å². The predicted octanol–water partition coefficient (Wildman–Crippen LogP) is 3.54. The summed E-state index contributed by atoms with van der Waals surface area (Å²) in [5.74, 6) is 0.631. The van der Waals surface area contributed by atoms with E-state index in [0.717, 1.165) is 28.0 Å². The normalized spacial score (nSPS) is 11.0. The van der Waals surface area contributed by atoms with Gasteiger partial charge in [-0.2, -0.15) is 0 Å². The molecule has 0 spiro atoms. The molecule has 120 valence electrons. The van der Waals surface area contributed by atoms with Crippen molar-refractivity contribution in [1.82, 2.24) is 10.1 Å². The number of carbonyl (C=O) groups excluding carboxylic acids is 1. The van der Waals surface area contributed by atoms with Gasteiger partial charge in [0.05, 0.1) is 12.0 Å². The first-order valence-corrected chi connectivity index (χ1v) is 7.91. The summed E-state index contributed by atoms with van der Waals surface area (Å²) in [6, 6.07) is 9.68. The lowest BCUT2D eigenvalue weighted by Crippen LogP contribution is -2.33. The largest absolute Gasteiger partial charge is 0.464 e. The molecule has 2 heterocycles. The number of fused-ring (bicyclic) bond motifs is 1. The Morgan fingerprint density at radius 1 is 1.30 bits per heavy atom. The molecule has 0 radical (unpaired) electrons. The minimum Gasteiger partial charge on any atom is -0.464 e. The van der Waals surface area contributed by atoms with E-state index in [1.165, 1.54) is 0 Å². The highest BCUT2D eigenvalue weighted by molar-refractivity contribution is 6.27. The average molecular weight is 333 g/mol. The van der Waals surface area contributed by atoms with Crippen molar-refractivity contribution in [2.75, 3.05) is 12.4 Å². The molecule has 0 atom stereocenters. The van der Waals surface area contributed by atoms with Gasteiger partial charge in [-0.1, -0.05) is 11.2 Å². The first-order valence-electron chi connectivity index (χ1n) is 7.38. The van der Waals surface area contributed by atoms with Gasteiger partial charge in [0.25, 0.3) is 0 Å². The highest BCUT2D eigenvalue weighted by Crippen LogP contribution is 2.18. The summed E-state index contributed by atoms with van der Waals surface area (Å²) in [5.41, 5.74) is 2.70. The van der Waals surface area contributed by atoms with Gasteiger partial charge in [0.15, 0.2) is 0 Å². The Hall–Kier alpha value is -2.27. The molecule has 5 nitrogen and oxygen atoms in total. The SMILES string of the molecule is Cc1cc(CCN(Cc2ccc3occc3c2)C(=O)CCl)no1. The summed E-state index contributed by atoms with van der Waals surface area (Å²) in [6.07, 6.45) is 2.29. The van der Waals surface area contributed by atoms with Crippen LogP contribution in [-0.2, 0) is 17.8 Å². The van der Waals surface area contributed by atoms with Crippen molar-refractivity contribution in [3.05, 3.63) is 53.6 Å². The van der Waals surface area contributed by atoms with E-state index in [9.17, 15) is 4.79 Å². The van der Waals surface area contributed by atoms with Crippen LogP contribution in [0.3, 0.4) is 0 Å². The molecule has 23 heavy (non-hydrogen) atoms. The Morgan fingerprint density at radius 3 is 2.91 bits per heavy atom. The number of hydrogen-bond acceptors (Lipinski definition) is 4. The molecule has 0 saturated carbocycles. The number of aromatic nitrogens is 1. The van der Waals surface area contributed by atoms with Gasteiger partial charge in [-0.25, -0.2) is 0 Å². The fraction of sp³-hybridized carbons (Fsp3) is 0.294. The number of hydrogen-bond donors (Lipinski definition) is 0. The zero-order valence-electron chi connectivity index (χ0n) is 12.8. The van der Waals surface area contributed by atoms with Crippen LogP contribution in [0.15, 0.2) is 45.5 Å². The summed E-state index contributed by atoms with van der Waals surface area (Å²) < 4.78 is 10.4. The van der Waals surface area contributed by atoms with Crippen molar-refractivity contribution in [2.24, 2.45) is 0 Å². The lowest BCUT2D eigenvalue weighted by Gasteiger charge is -2.21. The van der Waals surface area contributed by atoms with Gasteiger partial charge in [0.2, 0.25) is 5.91 Å². The molecule has 0 bridgehead atoms. The molecule has 0 unspecified atom stereocenters. The molecule has 2 aromatic heterocycles. The minimum atomic E-state index is -0.0980. The maximum Gasteiger partial charge on any atom is 0.237 e. The van der Waals surface area contributed by atoms with Crippen molar-refractivity contribution >= 4 is 28.5 Å². The number of furan rings is 1. The number of nitrogens with zero attached hydrogens (tertiary/aromatic N) is 2. The molecule has 0 saturated heterocycles. The van der Waals surface area contributed by atoms with Gasteiger partial charge in [-0.05, 0) is 30.7 Å². The highest BCUT2D eigenvalue weighted by atomic mass is 35.5. The van der Waals surface area contributed by atoms with E-state index in [1.54, 1.807) is 11.2 Å². The monoisotopic (exact) mass is 332 g/mol. The van der Waals surface area contributed by atoms with Gasteiger partial charge in [-0.15, -0.1) is 11.6 Å². The summed E-state index contributed by atoms with van der Waals surface area (Å²) in [7, 11) is 0. The molecule has 0 fully saturated rings. The molecular formula is C17H17ClN2O3. The summed E-state index contributed by atoms with van der Waals surface area (Å²) >= 11 is 5.74. The fourth-order valence-corrected chi connectivity index (χ4v) is 2.67. The molecule has 1 aromatic carbocycles. The van der Waals surface area contributed by atoms with Crippen LogP contribution in [-0.4, -0.2) is 28.4 Å². The summed E-state index contributed by atoms with van der Waals surface area (Å²) in [4.78, 5) is 13.8. The Labute approximate surface area is 138 Å². The zero-order valence-corrected chi connectivity index (χ0v) is 13.5. The minimum absolute atomic E-state index is 0.0359. The molecular weight excluding hydrogens is 316 g/mol. The number of halogens is 1. The Balaban J connectivity index is 1.71. The van der Waals surface area contributed by atoms with Gasteiger partial charge in [0, 0.05) is 31.0 Å². The van der Waals surface area contributed by atoms with Crippen LogP contribution in [0.1, 0.15) is 17.0 Å². The van der Waals surface area contributed by atoms with Crippen molar-refractivity contribution < 1.29 is 13.7 Å². The quantitative estimate of drug-likeness (QED) is 0.648. The van der Waals surface area contributed by atoms with Crippen LogP contribution in [0, 0.1) is 6.92 Å². The van der Waals surface area contributed by atoms with Crippen LogP contribution < -0.4 is 0 Å². The Morgan fingerprint density at radius 2 is 2.17 bits per heavy atom. The van der Waals surface area contributed by atoms with Gasteiger partial charge >= 0.3 is 0 Å². The third-order valence-electron chi connectivity index (χ3n) is 3.67. The van der Waals surface area contributed by atoms with E-state index in [1.807, 2.05) is 37.3 Å². The standard InChI is InChI=1S/C17H17ClN2O3/c1-12-8-15(19-23-12)4-6-20(17(21)10-18)11-13-2-3-16-14(9-13)5-7-22-16/h2-3,5,7-9H,4,6,10-11H2,1H3. The summed E-state index contributed by atoms with van der Waals surface area (Å²) in [6.45, 7) is 2.89. The fourth-order valence-electron chi connectivity index (χ4n) is 2.50. The van der Waals surface area contributed by atoms with E-state index < -0.39 is 0 Å². The van der Waals surface area contributed by atoms with Crippen LogP contribution in [0.2, 0.25) is 0 Å². The topological polar surface area (TPSA) is 59.5 Å². The smallest absolute Gasteiger partial charge is 0.237 e. The second-order valence-corrected chi connectivity index (χ2v) is 5.69. The number of alkyl halides is 1. The van der Waals surface area contributed by atoms with Crippen LogP contribution in [0.5, 0.6) is 0 Å². The molecule has 3 aromatic rings. The second kappa shape index (κ2) is 6.87. The first-order chi connectivity index (χ1) is 11.2. The third-order valence-corrected chi connectivity index (χ3v) is 3.90. The van der Waals surface area contributed by atoms with Crippen molar-refractivity contribution in [2.45, 2.75) is 19.9 Å². The summed E-state index contributed by atoms with van der Waals surface area (Å²) in [5, 5.41) is 4.98. The van der Waals surface area contributed by atoms with Crippen LogP contribution in [0.25, 0.3) is 11.0 Å². The van der Waals surface area contributed by atoms with E-state index in [4.69, 9.17) is 20.5 Å². The molecule has 6 heteroatoms. The molecule has 0 N–H and O–H groups in total. The molecule has 1 amide bonds. The molecule has 0 aliphatic rings. The molecule has 0 aliphatic carbocycles. The number of amides is 1. The van der Waals surface area contributed by atoms with Crippen molar-refractivity contribution in [1.29, 1.82) is 0 Å². The van der Waals surface area contributed by atoms with E-state index >= 15 is 0 Å².